The summed E-state index contributed by atoms with van der Waals surface area (Å²) in [5, 5.41) is 4.06. The van der Waals surface area contributed by atoms with Crippen LogP contribution < -0.4 is 10.5 Å². The molecule has 1 aromatic carbocycles. The number of nitrogens with zero attached hydrogens (tertiary/aromatic N) is 3. The first-order valence-corrected chi connectivity index (χ1v) is 6.16. The molecule has 0 spiro atoms. The van der Waals surface area contributed by atoms with Crippen molar-refractivity contribution in [2.45, 2.75) is 33.0 Å². The highest BCUT2D eigenvalue weighted by atomic mass is 19.1. The van der Waals surface area contributed by atoms with E-state index in [2.05, 4.69) is 10.1 Å². The summed E-state index contributed by atoms with van der Waals surface area (Å²) in [5.41, 5.74) is 6.45. The standard InChI is InChI=1S/C13H17FN4O/c1-3-18-13(16-8-17-18)7-19-12-5-4-10(14)6-11(12)9(2)15/h4-6,8-9H,3,7,15H2,1-2H3/t9-/m0/s1. The summed E-state index contributed by atoms with van der Waals surface area (Å²) in [6.07, 6.45) is 1.49. The molecule has 1 aromatic heterocycles. The highest BCUT2D eigenvalue weighted by molar-refractivity contribution is 5.36. The maximum atomic E-state index is 13.2. The quantitative estimate of drug-likeness (QED) is 0.897. The Morgan fingerprint density at radius 2 is 2.26 bits per heavy atom. The largest absolute Gasteiger partial charge is 0.485 e. The van der Waals surface area contributed by atoms with Crippen LogP contribution in [0.25, 0.3) is 0 Å². The van der Waals surface area contributed by atoms with Gasteiger partial charge in [-0.05, 0) is 32.0 Å². The van der Waals surface area contributed by atoms with Gasteiger partial charge in [0, 0.05) is 18.2 Å². The van der Waals surface area contributed by atoms with E-state index >= 15 is 0 Å². The molecule has 1 atom stereocenters. The van der Waals surface area contributed by atoms with E-state index in [0.29, 0.717) is 11.3 Å². The molecule has 1 heterocycles. The number of benzene rings is 1. The van der Waals surface area contributed by atoms with Crippen LogP contribution in [0.15, 0.2) is 24.5 Å². The van der Waals surface area contributed by atoms with Crippen molar-refractivity contribution in [2.24, 2.45) is 5.73 Å². The average molecular weight is 264 g/mol. The maximum Gasteiger partial charge on any atom is 0.164 e. The SMILES string of the molecule is CCn1ncnc1COc1ccc(F)cc1[C@H](C)N. The van der Waals surface area contributed by atoms with Gasteiger partial charge in [0.05, 0.1) is 0 Å². The molecule has 19 heavy (non-hydrogen) atoms. The number of hydrogen-bond donors (Lipinski definition) is 1. The van der Waals surface area contributed by atoms with Crippen LogP contribution in [0.2, 0.25) is 0 Å². The van der Waals surface area contributed by atoms with Gasteiger partial charge in [-0.1, -0.05) is 0 Å². The lowest BCUT2D eigenvalue weighted by atomic mass is 10.1. The monoisotopic (exact) mass is 264 g/mol. The first-order chi connectivity index (χ1) is 9.11. The van der Waals surface area contributed by atoms with Crippen molar-refractivity contribution in [3.05, 3.63) is 41.7 Å². The second-order valence-electron chi connectivity index (χ2n) is 4.25. The van der Waals surface area contributed by atoms with E-state index in [1.165, 1.54) is 18.5 Å². The number of aryl methyl sites for hydroxylation is 1. The number of halogens is 1. The maximum absolute atomic E-state index is 13.2. The molecule has 0 aliphatic carbocycles. The van der Waals surface area contributed by atoms with Gasteiger partial charge < -0.3 is 10.5 Å². The lowest BCUT2D eigenvalue weighted by Crippen LogP contribution is -2.11. The summed E-state index contributed by atoms with van der Waals surface area (Å²) in [5.74, 6) is 0.973. The van der Waals surface area contributed by atoms with Crippen molar-refractivity contribution >= 4 is 0 Å². The van der Waals surface area contributed by atoms with Crippen molar-refractivity contribution < 1.29 is 9.13 Å². The minimum Gasteiger partial charge on any atom is -0.485 e. The number of nitrogens with two attached hydrogens (primary N) is 1. The van der Waals surface area contributed by atoms with Gasteiger partial charge in [-0.15, -0.1) is 0 Å². The number of hydrogen-bond acceptors (Lipinski definition) is 4. The lowest BCUT2D eigenvalue weighted by Gasteiger charge is -2.14. The molecule has 0 saturated carbocycles. The van der Waals surface area contributed by atoms with Crippen LogP contribution in [0.3, 0.4) is 0 Å². The molecule has 2 rings (SSSR count). The molecular formula is C13H17FN4O. The van der Waals surface area contributed by atoms with E-state index < -0.39 is 0 Å². The fraction of sp³-hybridized carbons (Fsp3) is 0.385. The van der Waals surface area contributed by atoms with Crippen molar-refractivity contribution in [2.75, 3.05) is 0 Å². The molecule has 5 nitrogen and oxygen atoms in total. The van der Waals surface area contributed by atoms with Crippen LogP contribution in [-0.4, -0.2) is 14.8 Å². The third kappa shape index (κ3) is 3.08. The molecule has 2 N–H and O–H groups in total. The summed E-state index contributed by atoms with van der Waals surface area (Å²) in [4.78, 5) is 4.12. The van der Waals surface area contributed by atoms with Crippen molar-refractivity contribution in [3.63, 3.8) is 0 Å². The number of rotatable bonds is 5. The molecule has 2 aromatic rings. The van der Waals surface area contributed by atoms with Crippen LogP contribution in [0.5, 0.6) is 5.75 Å². The van der Waals surface area contributed by atoms with Crippen molar-refractivity contribution in [1.29, 1.82) is 0 Å². The predicted molar refractivity (Wildman–Crippen MR) is 69.0 cm³/mol. The minimum absolute atomic E-state index is 0.277. The highest BCUT2D eigenvalue weighted by Gasteiger charge is 2.11. The molecule has 0 amide bonds. The molecule has 0 aliphatic rings. The topological polar surface area (TPSA) is 66.0 Å². The second kappa shape index (κ2) is 5.79. The molecule has 0 radical (unpaired) electrons. The Balaban J connectivity index is 2.15. The Labute approximate surface area is 111 Å². The summed E-state index contributed by atoms with van der Waals surface area (Å²) >= 11 is 0. The van der Waals surface area contributed by atoms with Crippen LogP contribution >= 0.6 is 0 Å². The van der Waals surface area contributed by atoms with E-state index in [1.807, 2.05) is 6.92 Å². The normalized spacial score (nSPS) is 12.4. The second-order valence-corrected chi connectivity index (χ2v) is 4.25. The zero-order valence-corrected chi connectivity index (χ0v) is 11.0. The number of ether oxygens (including phenoxy) is 1. The minimum atomic E-state index is -0.323. The van der Waals surface area contributed by atoms with Crippen LogP contribution in [-0.2, 0) is 13.2 Å². The van der Waals surface area contributed by atoms with Crippen molar-refractivity contribution in [1.82, 2.24) is 14.8 Å². The summed E-state index contributed by atoms with van der Waals surface area (Å²) in [6.45, 7) is 4.76. The van der Waals surface area contributed by atoms with Gasteiger partial charge in [0.1, 0.15) is 24.5 Å². The van der Waals surface area contributed by atoms with Crippen LogP contribution in [0.1, 0.15) is 31.3 Å². The molecule has 0 fully saturated rings. The van der Waals surface area contributed by atoms with Gasteiger partial charge in [0.25, 0.3) is 0 Å². The van der Waals surface area contributed by atoms with E-state index in [4.69, 9.17) is 10.5 Å². The molecule has 0 aliphatic heterocycles. The molecule has 0 saturated heterocycles. The Bertz CT molecular complexity index is 553. The third-order valence-electron chi connectivity index (χ3n) is 2.81. The average Bonchev–Trinajstić information content (AvgIpc) is 2.84. The summed E-state index contributed by atoms with van der Waals surface area (Å²) < 4.78 is 20.6. The molecule has 6 heteroatoms. The summed E-state index contributed by atoms with van der Waals surface area (Å²) in [6, 6.07) is 4.03. The molecular weight excluding hydrogens is 247 g/mol. The van der Waals surface area contributed by atoms with Crippen molar-refractivity contribution in [3.8, 4) is 5.75 Å². The van der Waals surface area contributed by atoms with Gasteiger partial charge >= 0.3 is 0 Å². The van der Waals surface area contributed by atoms with E-state index in [9.17, 15) is 4.39 Å². The van der Waals surface area contributed by atoms with Gasteiger partial charge in [-0.25, -0.2) is 14.1 Å². The first-order valence-electron chi connectivity index (χ1n) is 6.16. The zero-order chi connectivity index (χ0) is 13.8. The summed E-state index contributed by atoms with van der Waals surface area (Å²) in [7, 11) is 0. The molecule has 0 unspecified atom stereocenters. The van der Waals surface area contributed by atoms with Gasteiger partial charge in [0.15, 0.2) is 5.82 Å². The molecule has 102 valence electrons. The Hall–Kier alpha value is -1.95. The van der Waals surface area contributed by atoms with Gasteiger partial charge in [0.2, 0.25) is 0 Å². The zero-order valence-electron chi connectivity index (χ0n) is 11.0. The first kappa shape index (κ1) is 13.5. The highest BCUT2D eigenvalue weighted by Crippen LogP contribution is 2.25. The number of aromatic nitrogens is 3. The van der Waals surface area contributed by atoms with Gasteiger partial charge in [-0.2, -0.15) is 5.10 Å². The van der Waals surface area contributed by atoms with Gasteiger partial charge in [-0.3, -0.25) is 0 Å². The Morgan fingerprint density at radius 3 is 2.95 bits per heavy atom. The van der Waals surface area contributed by atoms with E-state index in [-0.39, 0.29) is 18.5 Å². The van der Waals surface area contributed by atoms with E-state index in [1.54, 1.807) is 17.7 Å². The molecule has 0 bridgehead atoms. The van der Waals surface area contributed by atoms with Crippen LogP contribution in [0, 0.1) is 5.82 Å². The predicted octanol–water partition coefficient (Wildman–Crippen LogP) is 2.04. The fourth-order valence-electron chi connectivity index (χ4n) is 1.81. The third-order valence-corrected chi connectivity index (χ3v) is 2.81. The Morgan fingerprint density at radius 1 is 1.47 bits per heavy atom. The lowest BCUT2D eigenvalue weighted by molar-refractivity contribution is 0.282. The Kier molecular flexibility index (Phi) is 4.11. The van der Waals surface area contributed by atoms with Crippen LogP contribution in [0.4, 0.5) is 4.39 Å². The smallest absolute Gasteiger partial charge is 0.164 e. The fourth-order valence-corrected chi connectivity index (χ4v) is 1.81. The van der Waals surface area contributed by atoms with E-state index in [0.717, 1.165) is 12.4 Å².